The molecule has 2 rings (SSSR count). The average molecular weight is 336 g/mol. The Bertz CT molecular complexity index is 644. The summed E-state index contributed by atoms with van der Waals surface area (Å²) in [6.07, 6.45) is 0. The maximum atomic E-state index is 8.70. The van der Waals surface area contributed by atoms with E-state index in [1.807, 2.05) is 31.2 Å². The molecule has 1 aromatic heterocycles. The highest BCUT2D eigenvalue weighted by atomic mass is 79.9. The molecule has 0 atom stereocenters. The first kappa shape index (κ1) is 14.3. The molecule has 0 saturated heterocycles. The Kier molecular flexibility index (Phi) is 4.57. The van der Waals surface area contributed by atoms with Crippen molar-refractivity contribution >= 4 is 21.8 Å². The lowest BCUT2D eigenvalue weighted by molar-refractivity contribution is 0.293. The lowest BCUT2D eigenvalue weighted by atomic mass is 10.2. The van der Waals surface area contributed by atoms with Crippen LogP contribution in [0.2, 0.25) is 0 Å². The average Bonchev–Trinajstić information content (AvgIpc) is 2.44. The highest BCUT2D eigenvalue weighted by Crippen LogP contribution is 2.16. The second kappa shape index (κ2) is 6.38. The molecule has 0 aliphatic heterocycles. The van der Waals surface area contributed by atoms with Crippen molar-refractivity contribution in [2.75, 3.05) is 0 Å². The molecule has 2 aromatic rings. The van der Waals surface area contributed by atoms with Crippen molar-refractivity contribution in [3.63, 3.8) is 0 Å². The van der Waals surface area contributed by atoms with E-state index in [2.05, 4.69) is 26.1 Å². The number of hydrogen-bond donors (Lipinski definition) is 2. The summed E-state index contributed by atoms with van der Waals surface area (Å²) in [5.41, 5.74) is 7.90. The molecule has 0 spiro atoms. The van der Waals surface area contributed by atoms with Crippen molar-refractivity contribution in [1.29, 1.82) is 0 Å². The van der Waals surface area contributed by atoms with Crippen LogP contribution in [0.5, 0.6) is 5.88 Å². The zero-order valence-electron chi connectivity index (χ0n) is 10.9. The van der Waals surface area contributed by atoms with E-state index in [-0.39, 0.29) is 5.84 Å². The van der Waals surface area contributed by atoms with Gasteiger partial charge in [0.2, 0.25) is 5.88 Å². The number of hydrogen-bond acceptors (Lipinski definition) is 4. The molecule has 1 aromatic carbocycles. The summed E-state index contributed by atoms with van der Waals surface area (Å²) in [4.78, 5) is 4.26. The van der Waals surface area contributed by atoms with Gasteiger partial charge in [-0.05, 0) is 30.7 Å². The van der Waals surface area contributed by atoms with Crippen LogP contribution >= 0.6 is 15.9 Å². The molecule has 1 heterocycles. The summed E-state index contributed by atoms with van der Waals surface area (Å²) in [5.74, 6) is 0.467. The van der Waals surface area contributed by atoms with E-state index in [0.29, 0.717) is 18.1 Å². The van der Waals surface area contributed by atoms with E-state index in [1.165, 1.54) is 0 Å². The van der Waals surface area contributed by atoms with Gasteiger partial charge < -0.3 is 15.7 Å². The molecule has 0 aliphatic carbocycles. The largest absolute Gasteiger partial charge is 0.473 e. The van der Waals surface area contributed by atoms with Gasteiger partial charge in [-0.15, -0.1) is 0 Å². The third-order valence-electron chi connectivity index (χ3n) is 2.61. The van der Waals surface area contributed by atoms with Crippen LogP contribution in [0.4, 0.5) is 0 Å². The van der Waals surface area contributed by atoms with Crippen molar-refractivity contribution < 1.29 is 9.94 Å². The molecule has 0 bridgehead atoms. The van der Waals surface area contributed by atoms with Crippen molar-refractivity contribution in [3.05, 3.63) is 57.7 Å². The minimum absolute atomic E-state index is 0.0304. The van der Waals surface area contributed by atoms with E-state index in [0.717, 1.165) is 15.7 Å². The summed E-state index contributed by atoms with van der Waals surface area (Å²) in [5, 5.41) is 11.7. The zero-order chi connectivity index (χ0) is 14.5. The highest BCUT2D eigenvalue weighted by Gasteiger charge is 2.05. The lowest BCUT2D eigenvalue weighted by Gasteiger charge is -2.08. The number of ether oxygens (including phenoxy) is 1. The normalized spacial score (nSPS) is 11.4. The Morgan fingerprint density at radius 2 is 2.20 bits per heavy atom. The molecule has 3 N–H and O–H groups in total. The fraction of sp³-hybridized carbons (Fsp3) is 0.143. The number of benzene rings is 1. The van der Waals surface area contributed by atoms with Gasteiger partial charge >= 0.3 is 0 Å². The summed E-state index contributed by atoms with van der Waals surface area (Å²) >= 11 is 3.41. The first-order valence-corrected chi connectivity index (χ1v) is 6.71. The Balaban J connectivity index is 2.15. The topological polar surface area (TPSA) is 80.7 Å². The quantitative estimate of drug-likeness (QED) is 0.389. The third kappa shape index (κ3) is 3.71. The van der Waals surface area contributed by atoms with Crippen LogP contribution in [0.15, 0.2) is 46.0 Å². The molecule has 0 radical (unpaired) electrons. The number of halogens is 1. The maximum absolute atomic E-state index is 8.70. The van der Waals surface area contributed by atoms with Gasteiger partial charge in [-0.3, -0.25) is 0 Å². The second-order valence-electron chi connectivity index (χ2n) is 4.24. The number of nitrogens with two attached hydrogens (primary N) is 1. The molecule has 6 heteroatoms. The first-order valence-electron chi connectivity index (χ1n) is 5.92. The van der Waals surface area contributed by atoms with Gasteiger partial charge in [-0.1, -0.05) is 33.2 Å². The van der Waals surface area contributed by atoms with Gasteiger partial charge in [-0.2, -0.15) is 0 Å². The number of nitrogens with zero attached hydrogens (tertiary/aromatic N) is 2. The molecule has 0 aliphatic rings. The van der Waals surface area contributed by atoms with E-state index < -0.39 is 0 Å². The summed E-state index contributed by atoms with van der Waals surface area (Å²) in [6, 6.07) is 11.2. The smallest absolute Gasteiger partial charge is 0.214 e. The maximum Gasteiger partial charge on any atom is 0.214 e. The van der Waals surface area contributed by atoms with Gasteiger partial charge in [0.25, 0.3) is 0 Å². The van der Waals surface area contributed by atoms with E-state index in [4.69, 9.17) is 15.7 Å². The lowest BCUT2D eigenvalue weighted by Crippen LogP contribution is -2.14. The van der Waals surface area contributed by atoms with Crippen LogP contribution in [0.1, 0.15) is 16.8 Å². The van der Waals surface area contributed by atoms with Crippen molar-refractivity contribution in [1.82, 2.24) is 4.98 Å². The number of amidine groups is 1. The third-order valence-corrected chi connectivity index (χ3v) is 3.10. The van der Waals surface area contributed by atoms with E-state index in [1.54, 1.807) is 12.1 Å². The fourth-order valence-corrected chi connectivity index (χ4v) is 2.15. The van der Waals surface area contributed by atoms with Crippen LogP contribution in [-0.4, -0.2) is 16.0 Å². The summed E-state index contributed by atoms with van der Waals surface area (Å²) < 4.78 is 6.63. The van der Waals surface area contributed by atoms with Crippen molar-refractivity contribution in [3.8, 4) is 5.88 Å². The highest BCUT2D eigenvalue weighted by molar-refractivity contribution is 9.10. The Morgan fingerprint density at radius 3 is 2.90 bits per heavy atom. The molecule has 5 nitrogen and oxygen atoms in total. The predicted octanol–water partition coefficient (Wildman–Crippen LogP) is 2.83. The van der Waals surface area contributed by atoms with Gasteiger partial charge in [0.05, 0.1) is 0 Å². The number of pyridine rings is 1. The molecular formula is C14H14BrN3O2. The summed E-state index contributed by atoms with van der Waals surface area (Å²) in [7, 11) is 0. The molecule has 104 valence electrons. The van der Waals surface area contributed by atoms with Crippen molar-refractivity contribution in [2.45, 2.75) is 13.5 Å². The Hall–Kier alpha value is -2.08. The van der Waals surface area contributed by atoms with Crippen LogP contribution in [0.3, 0.4) is 0 Å². The molecule has 20 heavy (non-hydrogen) atoms. The number of rotatable bonds is 4. The minimum Gasteiger partial charge on any atom is -0.473 e. The van der Waals surface area contributed by atoms with Gasteiger partial charge in [0.15, 0.2) is 5.84 Å². The van der Waals surface area contributed by atoms with Crippen LogP contribution < -0.4 is 10.5 Å². The predicted molar refractivity (Wildman–Crippen MR) is 80.0 cm³/mol. The standard InChI is InChI=1S/C14H14BrN3O2/c1-9-5-11(14(16)18-19)7-13(17-9)20-8-10-3-2-4-12(15)6-10/h2-7,19H,8H2,1H3,(H2,16,18). The van der Waals surface area contributed by atoms with Crippen molar-refractivity contribution in [2.24, 2.45) is 10.9 Å². The molecule has 0 fully saturated rings. The van der Waals surface area contributed by atoms with Gasteiger partial charge in [-0.25, -0.2) is 4.98 Å². The fourth-order valence-electron chi connectivity index (χ4n) is 1.70. The molecular weight excluding hydrogens is 322 g/mol. The molecule has 0 saturated carbocycles. The van der Waals surface area contributed by atoms with Crippen LogP contribution in [0.25, 0.3) is 0 Å². The monoisotopic (exact) mass is 335 g/mol. The minimum atomic E-state index is 0.0304. The number of aromatic nitrogens is 1. The van der Waals surface area contributed by atoms with E-state index >= 15 is 0 Å². The molecule has 0 unspecified atom stereocenters. The number of aryl methyl sites for hydroxylation is 1. The number of oxime groups is 1. The SMILES string of the molecule is Cc1cc(/C(N)=N/O)cc(OCc2cccc(Br)c2)n1. The second-order valence-corrected chi connectivity index (χ2v) is 5.15. The van der Waals surface area contributed by atoms with Crippen LogP contribution in [-0.2, 0) is 6.61 Å². The first-order chi connectivity index (χ1) is 9.58. The van der Waals surface area contributed by atoms with Gasteiger partial charge in [0, 0.05) is 21.8 Å². The Morgan fingerprint density at radius 1 is 1.40 bits per heavy atom. The Labute approximate surface area is 125 Å². The zero-order valence-corrected chi connectivity index (χ0v) is 12.5. The van der Waals surface area contributed by atoms with E-state index in [9.17, 15) is 0 Å². The van der Waals surface area contributed by atoms with Crippen LogP contribution in [0, 0.1) is 6.92 Å². The summed E-state index contributed by atoms with van der Waals surface area (Å²) in [6.45, 7) is 2.21. The van der Waals surface area contributed by atoms with Gasteiger partial charge in [0.1, 0.15) is 6.61 Å². The molecule has 0 amide bonds.